The number of benzene rings is 2. The predicted octanol–water partition coefficient (Wildman–Crippen LogP) is 8.18. The zero-order valence-electron chi connectivity index (χ0n) is 31.3. The number of rotatable bonds is 9. The molecule has 50 heavy (non-hydrogen) atoms. The van der Waals surface area contributed by atoms with Crippen LogP contribution in [0.5, 0.6) is 0 Å². The molecule has 2 atom stereocenters. The van der Waals surface area contributed by atoms with Crippen molar-refractivity contribution in [3.8, 4) is 22.7 Å². The first-order valence-electron chi connectivity index (χ1n) is 18.5. The Morgan fingerprint density at radius 2 is 1.70 bits per heavy atom. The van der Waals surface area contributed by atoms with Gasteiger partial charge in [-0.25, -0.2) is 9.97 Å². The lowest BCUT2D eigenvalue weighted by Crippen LogP contribution is -2.64. The zero-order chi connectivity index (χ0) is 35.5. The first-order chi connectivity index (χ1) is 23.8. The highest BCUT2D eigenvalue weighted by molar-refractivity contribution is 5.97. The maximum atomic E-state index is 13.2. The van der Waals surface area contributed by atoms with Crippen molar-refractivity contribution < 1.29 is 13.9 Å². The third kappa shape index (κ3) is 6.54. The van der Waals surface area contributed by atoms with E-state index in [0.29, 0.717) is 35.2 Å². The van der Waals surface area contributed by atoms with Crippen molar-refractivity contribution >= 4 is 22.6 Å². The number of allylic oxidation sites excluding steroid dienone is 1. The zero-order valence-corrected chi connectivity index (χ0v) is 31.3. The van der Waals surface area contributed by atoms with Crippen molar-refractivity contribution in [2.45, 2.75) is 98.4 Å². The minimum atomic E-state index is -0.750. The highest BCUT2D eigenvalue weighted by Crippen LogP contribution is 2.44. The molecule has 264 valence electrons. The molecule has 8 nitrogen and oxygen atoms in total. The molecule has 0 bridgehead atoms. The minimum absolute atomic E-state index is 0.0494. The van der Waals surface area contributed by atoms with Crippen LogP contribution in [0.1, 0.15) is 94.9 Å². The van der Waals surface area contributed by atoms with Crippen LogP contribution in [0.15, 0.2) is 53.0 Å². The van der Waals surface area contributed by atoms with Gasteiger partial charge in [0.05, 0.1) is 17.0 Å². The molecule has 3 aliphatic rings. The number of carbonyl (C=O) groups is 1. The maximum Gasteiger partial charge on any atom is 0.246 e. The van der Waals surface area contributed by atoms with Crippen LogP contribution in [0.25, 0.3) is 39.5 Å². The molecule has 0 saturated carbocycles. The van der Waals surface area contributed by atoms with Gasteiger partial charge in [0.25, 0.3) is 0 Å². The summed E-state index contributed by atoms with van der Waals surface area (Å²) in [5, 5.41) is 0. The average molecular weight is 676 g/mol. The Morgan fingerprint density at radius 1 is 1.00 bits per heavy atom. The fourth-order valence-corrected chi connectivity index (χ4v) is 7.88. The van der Waals surface area contributed by atoms with Gasteiger partial charge >= 0.3 is 0 Å². The van der Waals surface area contributed by atoms with Gasteiger partial charge < -0.3 is 14.1 Å². The van der Waals surface area contributed by atoms with Crippen LogP contribution in [0.3, 0.4) is 0 Å². The average Bonchev–Trinajstić information content (AvgIpc) is 3.64. The first kappa shape index (κ1) is 34.6. The monoisotopic (exact) mass is 675 g/mol. The van der Waals surface area contributed by atoms with E-state index >= 15 is 0 Å². The molecule has 2 unspecified atom stereocenters. The Hall–Kier alpha value is -3.85. The SMILES string of the molecule is CCC1C=C(N2CCN(C3CN(C(C)C)C3)CC2)c2nc(-c3nc4cc(C)c(C(OC(C)(C)C)C(C)=O)c(-c5ccc(C)cc5)c4o3)ccc21. The molecule has 7 rings (SSSR count). The number of likely N-dealkylation sites (tertiary alicyclic amines) is 1. The Morgan fingerprint density at radius 3 is 2.32 bits per heavy atom. The molecule has 2 aromatic carbocycles. The Labute approximate surface area is 297 Å². The van der Waals surface area contributed by atoms with Gasteiger partial charge in [0.2, 0.25) is 5.89 Å². The second kappa shape index (κ2) is 13.4. The largest absolute Gasteiger partial charge is 0.434 e. The third-order valence-corrected chi connectivity index (χ3v) is 10.7. The van der Waals surface area contributed by atoms with Crippen molar-refractivity contribution in [1.29, 1.82) is 0 Å². The third-order valence-electron chi connectivity index (χ3n) is 10.7. The highest BCUT2D eigenvalue weighted by Gasteiger charge is 2.37. The summed E-state index contributed by atoms with van der Waals surface area (Å²) < 4.78 is 13.2. The summed E-state index contributed by atoms with van der Waals surface area (Å²) in [4.78, 5) is 31.3. The Kier molecular flexibility index (Phi) is 9.25. The van der Waals surface area contributed by atoms with Gasteiger partial charge in [0.15, 0.2) is 11.4 Å². The lowest BCUT2D eigenvalue weighted by Gasteiger charge is -2.50. The fraction of sp³-hybridized carbons (Fsp3) is 0.500. The number of aromatic nitrogens is 2. The second-order valence-electron chi connectivity index (χ2n) is 15.9. The van der Waals surface area contributed by atoms with Crippen LogP contribution in [-0.4, -0.2) is 87.4 Å². The Bertz CT molecular complexity index is 1920. The van der Waals surface area contributed by atoms with E-state index in [1.165, 1.54) is 24.4 Å². The summed E-state index contributed by atoms with van der Waals surface area (Å²) in [6.07, 6.45) is 2.71. The molecule has 4 aromatic rings. The van der Waals surface area contributed by atoms with Gasteiger partial charge in [-0.2, -0.15) is 0 Å². The topological polar surface area (TPSA) is 74.9 Å². The number of ether oxygens (including phenoxy) is 1. The summed E-state index contributed by atoms with van der Waals surface area (Å²) in [6, 6.07) is 15.9. The second-order valence-corrected chi connectivity index (χ2v) is 15.9. The molecule has 1 aliphatic carbocycles. The maximum absolute atomic E-state index is 13.2. The Balaban J connectivity index is 1.25. The minimum Gasteiger partial charge on any atom is -0.434 e. The van der Waals surface area contributed by atoms with Crippen molar-refractivity contribution in [3.05, 3.63) is 76.5 Å². The molecule has 0 radical (unpaired) electrons. The van der Waals surface area contributed by atoms with Crippen LogP contribution < -0.4 is 0 Å². The molecule has 4 heterocycles. The van der Waals surface area contributed by atoms with Gasteiger partial charge in [-0.05, 0) is 90.6 Å². The summed E-state index contributed by atoms with van der Waals surface area (Å²) in [6.45, 7) is 25.0. The van der Waals surface area contributed by atoms with Crippen LogP contribution in [0.2, 0.25) is 0 Å². The smallest absolute Gasteiger partial charge is 0.246 e. The number of aryl methyl sites for hydroxylation is 2. The van der Waals surface area contributed by atoms with Crippen molar-refractivity contribution in [2.75, 3.05) is 39.3 Å². The summed E-state index contributed by atoms with van der Waals surface area (Å²) in [7, 11) is 0. The van der Waals surface area contributed by atoms with Gasteiger partial charge in [-0.15, -0.1) is 0 Å². The highest BCUT2D eigenvalue weighted by atomic mass is 16.5. The van der Waals surface area contributed by atoms with Gasteiger partial charge in [0, 0.05) is 68.4 Å². The number of carbonyl (C=O) groups excluding carboxylic acids is 1. The van der Waals surface area contributed by atoms with E-state index in [2.05, 4.69) is 84.9 Å². The van der Waals surface area contributed by atoms with E-state index in [9.17, 15) is 4.79 Å². The summed E-state index contributed by atoms with van der Waals surface area (Å²) in [5.41, 5.74) is 9.85. The number of nitrogens with zero attached hydrogens (tertiary/aromatic N) is 5. The van der Waals surface area contributed by atoms with Crippen molar-refractivity contribution in [2.24, 2.45) is 0 Å². The molecule has 0 amide bonds. The lowest BCUT2D eigenvalue weighted by atomic mass is 9.89. The first-order valence-corrected chi connectivity index (χ1v) is 18.5. The van der Waals surface area contributed by atoms with E-state index in [0.717, 1.165) is 71.6 Å². The summed E-state index contributed by atoms with van der Waals surface area (Å²) >= 11 is 0. The molecular formula is C42H53N5O3. The number of oxazole rings is 1. The van der Waals surface area contributed by atoms with Crippen molar-refractivity contribution in [1.82, 2.24) is 24.7 Å². The molecule has 2 fully saturated rings. The predicted molar refractivity (Wildman–Crippen MR) is 201 cm³/mol. The van der Waals surface area contributed by atoms with E-state index in [1.807, 2.05) is 33.8 Å². The van der Waals surface area contributed by atoms with Gasteiger partial charge in [-0.3, -0.25) is 14.6 Å². The molecular weight excluding hydrogens is 622 g/mol. The van der Waals surface area contributed by atoms with Crippen LogP contribution in [0, 0.1) is 13.8 Å². The lowest BCUT2D eigenvalue weighted by molar-refractivity contribution is -0.138. The fourth-order valence-electron chi connectivity index (χ4n) is 7.88. The standard InChI is InChI=1S/C42H53N5O3/c1-10-29-22-35(46-19-17-45(18-20-46)31-23-47(24-31)25(2)3)38-32(29)15-16-33(43-38)41-44-34-21-27(5)36(39(28(6)48)50-42(7,8)9)37(40(34)49-41)30-13-11-26(4)12-14-30/h11-16,21-22,25,29,31,39H,10,17-20,23-24H2,1-9H3. The van der Waals surface area contributed by atoms with Gasteiger partial charge in [-0.1, -0.05) is 48.9 Å². The molecule has 8 heteroatoms. The molecule has 0 N–H and O–H groups in total. The molecule has 2 aliphatic heterocycles. The van der Waals surface area contributed by atoms with E-state index < -0.39 is 11.7 Å². The molecule has 0 spiro atoms. The number of fused-ring (bicyclic) bond motifs is 2. The number of hydrogen-bond donors (Lipinski definition) is 0. The number of ketones is 1. The molecule has 2 saturated heterocycles. The quantitative estimate of drug-likeness (QED) is 0.176. The summed E-state index contributed by atoms with van der Waals surface area (Å²) in [5.74, 6) is 0.776. The molecule has 2 aromatic heterocycles. The van der Waals surface area contributed by atoms with E-state index in [1.54, 1.807) is 6.92 Å². The van der Waals surface area contributed by atoms with Crippen LogP contribution in [0.4, 0.5) is 0 Å². The van der Waals surface area contributed by atoms with Gasteiger partial charge in [0.1, 0.15) is 17.3 Å². The number of Topliss-reactive ketones (excluding diaryl/α,β-unsaturated/α-hetero) is 1. The van der Waals surface area contributed by atoms with Crippen LogP contribution >= 0.6 is 0 Å². The number of hydrogen-bond acceptors (Lipinski definition) is 8. The number of piperazine rings is 1. The van der Waals surface area contributed by atoms with Crippen LogP contribution in [-0.2, 0) is 9.53 Å². The van der Waals surface area contributed by atoms with E-state index in [4.69, 9.17) is 19.1 Å². The van der Waals surface area contributed by atoms with Crippen molar-refractivity contribution in [3.63, 3.8) is 0 Å². The normalized spacial score (nSPS) is 19.6. The van der Waals surface area contributed by atoms with E-state index in [-0.39, 0.29) is 5.78 Å². The number of pyridine rings is 1.